The van der Waals surface area contributed by atoms with Gasteiger partial charge < -0.3 is 10.1 Å². The van der Waals surface area contributed by atoms with Crippen molar-refractivity contribution >= 4 is 5.69 Å². The summed E-state index contributed by atoms with van der Waals surface area (Å²) in [5, 5.41) is 3.57. The summed E-state index contributed by atoms with van der Waals surface area (Å²) in [6, 6.07) is 6.76. The van der Waals surface area contributed by atoms with Crippen LogP contribution in [-0.2, 0) is 0 Å². The van der Waals surface area contributed by atoms with Crippen molar-refractivity contribution in [1.29, 1.82) is 0 Å². The smallest absolute Gasteiger partial charge is 0.120 e. The third kappa shape index (κ3) is 4.99. The van der Waals surface area contributed by atoms with E-state index >= 15 is 0 Å². The van der Waals surface area contributed by atoms with Gasteiger partial charge in [0.05, 0.1) is 6.10 Å². The highest BCUT2D eigenvalue weighted by Crippen LogP contribution is 2.23. The molecule has 1 N–H and O–H groups in total. The van der Waals surface area contributed by atoms with Crippen LogP contribution in [0.3, 0.4) is 0 Å². The van der Waals surface area contributed by atoms with Gasteiger partial charge in [-0.15, -0.1) is 0 Å². The lowest BCUT2D eigenvalue weighted by Crippen LogP contribution is -2.18. The molecular weight excluding hydrogens is 222 g/mol. The van der Waals surface area contributed by atoms with Gasteiger partial charge in [0.1, 0.15) is 5.75 Å². The third-order valence-corrected chi connectivity index (χ3v) is 2.80. The summed E-state index contributed by atoms with van der Waals surface area (Å²) >= 11 is 0. The van der Waals surface area contributed by atoms with Crippen molar-refractivity contribution in [1.82, 2.24) is 0 Å². The van der Waals surface area contributed by atoms with Gasteiger partial charge in [0.2, 0.25) is 0 Å². The molecule has 102 valence electrons. The second-order valence-electron chi connectivity index (χ2n) is 5.82. The highest BCUT2D eigenvalue weighted by atomic mass is 16.5. The van der Waals surface area contributed by atoms with Crippen molar-refractivity contribution in [2.24, 2.45) is 5.92 Å². The first kappa shape index (κ1) is 14.9. The average Bonchev–Trinajstić information content (AvgIpc) is 2.20. The molecule has 0 saturated heterocycles. The molecule has 0 aliphatic carbocycles. The molecule has 0 fully saturated rings. The molecule has 0 aromatic heterocycles. The van der Waals surface area contributed by atoms with Crippen LogP contribution < -0.4 is 10.1 Å². The van der Waals surface area contributed by atoms with Crippen LogP contribution in [0.15, 0.2) is 18.2 Å². The number of rotatable bonds is 6. The van der Waals surface area contributed by atoms with Crippen molar-refractivity contribution < 1.29 is 4.74 Å². The fourth-order valence-electron chi connectivity index (χ4n) is 2.18. The molecular formula is C16H27NO. The Balaban J connectivity index is 2.67. The molecule has 0 heterocycles. The van der Waals surface area contributed by atoms with E-state index in [4.69, 9.17) is 4.74 Å². The van der Waals surface area contributed by atoms with Crippen LogP contribution in [0.2, 0.25) is 0 Å². The molecule has 18 heavy (non-hydrogen) atoms. The van der Waals surface area contributed by atoms with Gasteiger partial charge in [0.25, 0.3) is 0 Å². The van der Waals surface area contributed by atoms with E-state index in [-0.39, 0.29) is 6.10 Å². The lowest BCUT2D eigenvalue weighted by molar-refractivity contribution is 0.242. The number of ether oxygens (including phenoxy) is 1. The van der Waals surface area contributed by atoms with Crippen molar-refractivity contribution in [3.05, 3.63) is 23.8 Å². The maximum absolute atomic E-state index is 5.69. The molecule has 1 aromatic carbocycles. The fraction of sp³-hybridized carbons (Fsp3) is 0.625. The molecule has 2 nitrogen and oxygen atoms in total. The number of hydrogen-bond acceptors (Lipinski definition) is 2. The molecule has 0 bridgehead atoms. The van der Waals surface area contributed by atoms with Crippen molar-refractivity contribution in [2.45, 2.75) is 60.1 Å². The second-order valence-corrected chi connectivity index (χ2v) is 5.82. The molecule has 0 aliphatic rings. The third-order valence-electron chi connectivity index (χ3n) is 2.80. The Labute approximate surface area is 112 Å². The minimum atomic E-state index is 0.225. The fourth-order valence-corrected chi connectivity index (χ4v) is 2.18. The van der Waals surface area contributed by atoms with E-state index in [0.717, 1.165) is 11.7 Å². The summed E-state index contributed by atoms with van der Waals surface area (Å²) in [4.78, 5) is 0. The van der Waals surface area contributed by atoms with E-state index in [9.17, 15) is 0 Å². The molecule has 0 aliphatic heterocycles. The molecule has 1 aromatic rings. The van der Waals surface area contributed by atoms with E-state index in [1.165, 1.54) is 17.7 Å². The zero-order valence-electron chi connectivity index (χ0n) is 12.6. The quantitative estimate of drug-likeness (QED) is 0.793. The second kappa shape index (κ2) is 6.67. The summed E-state index contributed by atoms with van der Waals surface area (Å²) in [7, 11) is 0. The summed E-state index contributed by atoms with van der Waals surface area (Å²) < 4.78 is 5.69. The predicted molar refractivity (Wildman–Crippen MR) is 79.5 cm³/mol. The SMILES string of the molecule is Cc1cc(OC(C)C)ccc1NC(C)CC(C)C. The molecule has 1 rings (SSSR count). The average molecular weight is 249 g/mol. The van der Waals surface area contributed by atoms with Crippen molar-refractivity contribution in [3.8, 4) is 5.75 Å². The zero-order valence-corrected chi connectivity index (χ0v) is 12.6. The van der Waals surface area contributed by atoms with Gasteiger partial charge in [-0.2, -0.15) is 0 Å². The van der Waals surface area contributed by atoms with Crippen molar-refractivity contribution in [3.63, 3.8) is 0 Å². The molecule has 2 heteroatoms. The molecule has 0 radical (unpaired) electrons. The minimum Gasteiger partial charge on any atom is -0.491 e. The van der Waals surface area contributed by atoms with Gasteiger partial charge in [0, 0.05) is 11.7 Å². The van der Waals surface area contributed by atoms with Gasteiger partial charge in [0.15, 0.2) is 0 Å². The number of anilines is 1. The van der Waals surface area contributed by atoms with Gasteiger partial charge in [-0.3, -0.25) is 0 Å². The van der Waals surface area contributed by atoms with Gasteiger partial charge in [-0.05, 0) is 63.8 Å². The lowest BCUT2D eigenvalue weighted by atomic mass is 10.0. The van der Waals surface area contributed by atoms with Crippen molar-refractivity contribution in [2.75, 3.05) is 5.32 Å². The van der Waals surface area contributed by atoms with Crippen LogP contribution in [-0.4, -0.2) is 12.1 Å². The van der Waals surface area contributed by atoms with E-state index < -0.39 is 0 Å². The Hall–Kier alpha value is -1.18. The molecule has 0 saturated carbocycles. The molecule has 0 spiro atoms. The van der Waals surface area contributed by atoms with Crippen LogP contribution >= 0.6 is 0 Å². The lowest BCUT2D eigenvalue weighted by Gasteiger charge is -2.19. The number of hydrogen-bond donors (Lipinski definition) is 1. The zero-order chi connectivity index (χ0) is 13.7. The van der Waals surface area contributed by atoms with E-state index in [2.05, 4.69) is 45.1 Å². The number of nitrogens with one attached hydrogen (secondary N) is 1. The number of benzene rings is 1. The van der Waals surface area contributed by atoms with Crippen LogP contribution in [0, 0.1) is 12.8 Å². The Morgan fingerprint density at radius 2 is 1.78 bits per heavy atom. The molecule has 1 atom stereocenters. The molecule has 1 unspecified atom stereocenters. The largest absolute Gasteiger partial charge is 0.491 e. The maximum Gasteiger partial charge on any atom is 0.120 e. The number of aryl methyl sites for hydroxylation is 1. The standard InChI is InChI=1S/C16H27NO/c1-11(2)9-14(6)17-16-8-7-15(10-13(16)5)18-12(3)4/h7-8,10-12,14,17H,9H2,1-6H3. The topological polar surface area (TPSA) is 21.3 Å². The first-order chi connectivity index (χ1) is 8.38. The Morgan fingerprint density at radius 1 is 1.11 bits per heavy atom. The Morgan fingerprint density at radius 3 is 2.28 bits per heavy atom. The van der Waals surface area contributed by atoms with Crippen LogP contribution in [0.4, 0.5) is 5.69 Å². The van der Waals surface area contributed by atoms with E-state index in [1.807, 2.05) is 19.9 Å². The first-order valence-electron chi connectivity index (χ1n) is 6.92. The summed E-state index contributed by atoms with van der Waals surface area (Å²) in [5.41, 5.74) is 2.45. The summed E-state index contributed by atoms with van der Waals surface area (Å²) in [6.45, 7) is 13.0. The van der Waals surface area contributed by atoms with E-state index in [1.54, 1.807) is 0 Å². The van der Waals surface area contributed by atoms with Crippen LogP contribution in [0.5, 0.6) is 5.75 Å². The summed E-state index contributed by atoms with van der Waals surface area (Å²) in [5.74, 6) is 1.67. The highest BCUT2D eigenvalue weighted by Gasteiger charge is 2.07. The summed E-state index contributed by atoms with van der Waals surface area (Å²) in [6.07, 6.45) is 1.41. The van der Waals surface area contributed by atoms with Gasteiger partial charge in [-0.25, -0.2) is 0 Å². The predicted octanol–water partition coefficient (Wildman–Crippen LogP) is 4.63. The maximum atomic E-state index is 5.69. The minimum absolute atomic E-state index is 0.225. The highest BCUT2D eigenvalue weighted by molar-refractivity contribution is 5.54. The van der Waals surface area contributed by atoms with Gasteiger partial charge >= 0.3 is 0 Å². The van der Waals surface area contributed by atoms with Crippen LogP contribution in [0.1, 0.15) is 46.6 Å². The van der Waals surface area contributed by atoms with Gasteiger partial charge in [-0.1, -0.05) is 13.8 Å². The normalized spacial score (nSPS) is 12.9. The Bertz CT molecular complexity index is 371. The molecule has 0 amide bonds. The Kier molecular flexibility index (Phi) is 5.52. The monoisotopic (exact) mass is 249 g/mol. The van der Waals surface area contributed by atoms with Crippen LogP contribution in [0.25, 0.3) is 0 Å². The van der Waals surface area contributed by atoms with E-state index in [0.29, 0.717) is 6.04 Å². The first-order valence-corrected chi connectivity index (χ1v) is 6.92.